The number of carbonyl (C=O) groups is 4. The summed E-state index contributed by atoms with van der Waals surface area (Å²) >= 11 is 0. The second kappa shape index (κ2) is 15.4. The van der Waals surface area contributed by atoms with E-state index in [4.69, 9.17) is 19.4 Å². The van der Waals surface area contributed by atoms with Crippen molar-refractivity contribution in [2.24, 2.45) is 35.5 Å². The lowest BCUT2D eigenvalue weighted by Gasteiger charge is -2.31. The molecule has 13 rings (SSSR count). The number of methoxy groups -OCH3 is 2. The second-order valence-corrected chi connectivity index (χ2v) is 21.3. The van der Waals surface area contributed by atoms with Crippen LogP contribution in [-0.2, 0) is 30.9 Å². The molecule has 14 heteroatoms. The summed E-state index contributed by atoms with van der Waals surface area (Å²) in [6.45, 7) is 7.78. The van der Waals surface area contributed by atoms with Crippen LogP contribution in [0.3, 0.4) is 0 Å². The molecule has 4 saturated carbocycles. The Labute approximate surface area is 390 Å². The predicted octanol–water partition coefficient (Wildman–Crippen LogP) is 8.60. The van der Waals surface area contributed by atoms with E-state index < -0.39 is 24.3 Å². The number of ether oxygens (including phenoxy) is 2. The number of aromatic nitrogens is 4. The highest BCUT2D eigenvalue weighted by Gasteiger charge is 2.86. The fraction of sp³-hybridized carbons (Fsp3) is 0.509. The molecule has 3 saturated heterocycles. The molecule has 8 atom stereocenters. The molecule has 5 aromatic rings. The lowest BCUT2D eigenvalue weighted by Crippen LogP contribution is -2.52. The molecule has 67 heavy (non-hydrogen) atoms. The number of piperidine rings is 2. The Morgan fingerprint density at radius 3 is 2.04 bits per heavy atom. The van der Waals surface area contributed by atoms with Crippen LogP contribution >= 0.6 is 0 Å². The van der Waals surface area contributed by atoms with E-state index in [2.05, 4.69) is 75.2 Å². The van der Waals surface area contributed by atoms with E-state index in [9.17, 15) is 19.2 Å². The first-order chi connectivity index (χ1) is 32.4. The minimum atomic E-state index is -0.677. The van der Waals surface area contributed by atoms with Crippen molar-refractivity contribution in [2.75, 3.05) is 14.2 Å². The van der Waals surface area contributed by atoms with Gasteiger partial charge in [-0.05, 0) is 131 Å². The van der Waals surface area contributed by atoms with Crippen molar-refractivity contribution in [3.8, 4) is 33.5 Å². The largest absolute Gasteiger partial charge is 0.453 e. The first-order valence-electron chi connectivity index (χ1n) is 24.5. The maximum atomic E-state index is 14.1. The molecular formula is C53H60N8O6. The molecule has 5 aliphatic carbocycles. The number of fused-ring (bicyclic) bond motifs is 5. The van der Waals surface area contributed by atoms with Gasteiger partial charge in [0.2, 0.25) is 11.8 Å². The third-order valence-electron chi connectivity index (χ3n) is 17.0. The Bertz CT molecular complexity index is 2830. The summed E-state index contributed by atoms with van der Waals surface area (Å²) in [4.78, 5) is 73.6. The number of aromatic amines is 2. The maximum Gasteiger partial charge on any atom is 0.407 e. The van der Waals surface area contributed by atoms with Gasteiger partial charge in [-0.25, -0.2) is 19.6 Å². The SMILES string of the molecule is COC(=O)NC(C(=O)N1C(c2nc3ccc(-c4ccc(-c5ccc(-c6cnc(C7C8C9C8C9N7C(=O)C(NC(=O)OC)C(C)C)[nH]6)cc5)c5c4CCC54CCCC4)cc3[nH]2)CC2CC21)C(C)C. The van der Waals surface area contributed by atoms with Crippen molar-refractivity contribution >= 4 is 35.0 Å². The monoisotopic (exact) mass is 904 g/mol. The number of hydrogen-bond acceptors (Lipinski definition) is 8. The van der Waals surface area contributed by atoms with Crippen molar-refractivity contribution in [1.29, 1.82) is 0 Å². The Hall–Kier alpha value is -6.18. The van der Waals surface area contributed by atoms with Crippen molar-refractivity contribution in [3.63, 3.8) is 0 Å². The summed E-state index contributed by atoms with van der Waals surface area (Å²) in [6, 6.07) is 18.8. The fourth-order valence-corrected chi connectivity index (χ4v) is 13.4. The van der Waals surface area contributed by atoms with Gasteiger partial charge in [-0.2, -0.15) is 0 Å². The number of carbonyl (C=O) groups excluding carboxylic acids is 4. The van der Waals surface area contributed by atoms with Gasteiger partial charge in [-0.1, -0.05) is 83.0 Å². The second-order valence-electron chi connectivity index (χ2n) is 21.3. The molecule has 4 N–H and O–H groups in total. The number of nitrogens with zero attached hydrogens (tertiary/aromatic N) is 4. The third kappa shape index (κ3) is 6.62. The highest BCUT2D eigenvalue weighted by molar-refractivity contribution is 5.90. The quantitative estimate of drug-likeness (QED) is 0.102. The number of nitrogens with one attached hydrogen (secondary N) is 4. The summed E-state index contributed by atoms with van der Waals surface area (Å²) < 4.78 is 9.72. The summed E-state index contributed by atoms with van der Waals surface area (Å²) in [5, 5.41) is 5.57. The topological polar surface area (TPSA) is 175 Å². The number of H-pyrrole nitrogens is 2. The summed E-state index contributed by atoms with van der Waals surface area (Å²) in [5.74, 6) is 3.21. The van der Waals surface area contributed by atoms with Crippen LogP contribution in [-0.4, -0.2) is 92.1 Å². The summed E-state index contributed by atoms with van der Waals surface area (Å²) in [5.41, 5.74) is 11.9. The molecule has 14 nitrogen and oxygen atoms in total. The van der Waals surface area contributed by atoms with Crippen LogP contribution < -0.4 is 10.6 Å². The van der Waals surface area contributed by atoms with E-state index in [0.717, 1.165) is 65.2 Å². The van der Waals surface area contributed by atoms with Crippen LogP contribution in [0.25, 0.3) is 44.5 Å². The van der Waals surface area contributed by atoms with Gasteiger partial charge in [-0.15, -0.1) is 0 Å². The minimum absolute atomic E-state index is 0.0651. The van der Waals surface area contributed by atoms with Crippen LogP contribution in [0.1, 0.15) is 108 Å². The predicted molar refractivity (Wildman–Crippen MR) is 251 cm³/mol. The lowest BCUT2D eigenvalue weighted by molar-refractivity contribution is -0.137. The zero-order valence-electron chi connectivity index (χ0n) is 39.1. The van der Waals surface area contributed by atoms with Gasteiger partial charge in [0, 0.05) is 12.1 Å². The lowest BCUT2D eigenvalue weighted by atomic mass is 9.76. The first kappa shape index (κ1) is 42.2. The Morgan fingerprint density at radius 2 is 1.37 bits per heavy atom. The normalized spacial score (nSPS) is 27.5. The average Bonchev–Trinajstić information content (AvgIpc) is 3.92. The molecule has 7 fully saturated rings. The number of hydrogen-bond donors (Lipinski definition) is 4. The van der Waals surface area contributed by atoms with E-state index >= 15 is 0 Å². The van der Waals surface area contributed by atoms with Crippen LogP contribution in [0, 0.1) is 35.5 Å². The molecule has 2 bridgehead atoms. The first-order valence-corrected chi connectivity index (χ1v) is 24.5. The van der Waals surface area contributed by atoms with E-state index in [1.165, 1.54) is 67.7 Å². The van der Waals surface area contributed by atoms with Crippen molar-refractivity contribution < 1.29 is 28.7 Å². The molecule has 3 aromatic carbocycles. The van der Waals surface area contributed by atoms with Crippen molar-refractivity contribution in [2.45, 2.75) is 121 Å². The summed E-state index contributed by atoms with van der Waals surface area (Å²) in [6.07, 6.45) is 9.65. The zero-order chi connectivity index (χ0) is 46.2. The molecule has 4 amide bonds. The number of imidazole rings is 2. The summed E-state index contributed by atoms with van der Waals surface area (Å²) in [7, 11) is 2.64. The molecular weight excluding hydrogens is 845 g/mol. The standard InChI is InChI=1S/C53H60N8O6/c1-25(2)43(58-51(64)66-5)49(62)60-37-22-30(37)23-38(60)47-55-34-16-13-29(21-35(34)56-47)31-14-15-32(42-33(31)17-20-53(42)18-7-8-19-53)27-9-11-28(12-10-27)36-24-54-48(57-36)46-41-39-40(41)45(39)61(46)50(63)44(26(3)4)59-52(65)67-6/h9-16,21,24-26,30,37-41,43-46H,7-8,17-20,22-23H2,1-6H3,(H,54,57)(H,55,56)(H,58,64)(H,59,65). The maximum absolute atomic E-state index is 14.1. The van der Waals surface area contributed by atoms with Crippen LogP contribution in [0.5, 0.6) is 0 Å². The van der Waals surface area contributed by atoms with Gasteiger partial charge < -0.3 is 39.9 Å². The van der Waals surface area contributed by atoms with Gasteiger partial charge >= 0.3 is 12.2 Å². The Kier molecular flexibility index (Phi) is 9.72. The molecule has 3 aliphatic heterocycles. The number of alkyl carbamates (subject to hydrolysis) is 2. The fourth-order valence-electron chi connectivity index (χ4n) is 13.4. The van der Waals surface area contributed by atoms with E-state index in [-0.39, 0.29) is 53.2 Å². The van der Waals surface area contributed by atoms with Gasteiger partial charge in [0.05, 0.1) is 49.2 Å². The number of benzene rings is 3. The molecule has 0 radical (unpaired) electrons. The number of likely N-dealkylation sites (tertiary alicyclic amines) is 1. The smallest absolute Gasteiger partial charge is 0.407 e. The van der Waals surface area contributed by atoms with Gasteiger partial charge in [0.25, 0.3) is 0 Å². The highest BCUT2D eigenvalue weighted by Crippen LogP contribution is 2.81. The highest BCUT2D eigenvalue weighted by atomic mass is 16.5. The van der Waals surface area contributed by atoms with Crippen LogP contribution in [0.15, 0.2) is 60.8 Å². The van der Waals surface area contributed by atoms with E-state index in [1.807, 2.05) is 43.7 Å². The molecule has 348 valence electrons. The Balaban J connectivity index is 0.815. The van der Waals surface area contributed by atoms with Gasteiger partial charge in [-0.3, -0.25) is 9.59 Å². The third-order valence-corrected chi connectivity index (χ3v) is 17.0. The zero-order valence-corrected chi connectivity index (χ0v) is 39.1. The molecule has 2 aromatic heterocycles. The van der Waals surface area contributed by atoms with E-state index in [1.54, 1.807) is 0 Å². The number of amides is 4. The minimum Gasteiger partial charge on any atom is -0.453 e. The molecule has 8 aliphatic rings. The van der Waals surface area contributed by atoms with Crippen molar-refractivity contribution in [1.82, 2.24) is 40.4 Å². The molecule has 5 heterocycles. The average molecular weight is 905 g/mol. The van der Waals surface area contributed by atoms with Gasteiger partial charge in [0.15, 0.2) is 0 Å². The number of rotatable bonds is 11. The van der Waals surface area contributed by atoms with Gasteiger partial charge in [0.1, 0.15) is 23.7 Å². The van der Waals surface area contributed by atoms with E-state index in [0.29, 0.717) is 23.7 Å². The van der Waals surface area contributed by atoms with Crippen molar-refractivity contribution in [3.05, 3.63) is 83.6 Å². The Morgan fingerprint density at radius 1 is 0.731 bits per heavy atom. The molecule has 8 unspecified atom stereocenters. The van der Waals surface area contributed by atoms with Crippen LogP contribution in [0.2, 0.25) is 0 Å². The molecule has 1 spiro atoms. The van der Waals surface area contributed by atoms with Crippen LogP contribution in [0.4, 0.5) is 9.59 Å².